The van der Waals surface area contributed by atoms with Crippen LogP contribution in [-0.4, -0.2) is 23.0 Å². The standard InChI is InChI=1S/C11H13NO2S/c13-10(4-8-5-12-6-15-8)9-3-7-1-2-11(9)14-7/h5-7,9,11H,1-4H2. The van der Waals surface area contributed by atoms with Crippen LogP contribution < -0.4 is 0 Å². The maximum absolute atomic E-state index is 12.0. The molecule has 2 aliphatic rings. The third-order valence-corrected chi connectivity index (χ3v) is 4.13. The van der Waals surface area contributed by atoms with E-state index in [1.165, 1.54) is 0 Å². The molecule has 0 saturated carbocycles. The van der Waals surface area contributed by atoms with Crippen molar-refractivity contribution in [1.29, 1.82) is 0 Å². The smallest absolute Gasteiger partial charge is 0.143 e. The van der Waals surface area contributed by atoms with E-state index in [1.54, 1.807) is 23.0 Å². The van der Waals surface area contributed by atoms with Gasteiger partial charge in [-0.1, -0.05) is 0 Å². The number of ether oxygens (including phenoxy) is 1. The molecule has 0 amide bonds. The van der Waals surface area contributed by atoms with Gasteiger partial charge in [0.2, 0.25) is 0 Å². The number of hydrogen-bond acceptors (Lipinski definition) is 4. The van der Waals surface area contributed by atoms with Crippen molar-refractivity contribution >= 4 is 17.1 Å². The van der Waals surface area contributed by atoms with Crippen molar-refractivity contribution in [3.8, 4) is 0 Å². The fraction of sp³-hybridized carbons (Fsp3) is 0.636. The van der Waals surface area contributed by atoms with Gasteiger partial charge in [-0.15, -0.1) is 11.3 Å². The molecule has 2 bridgehead atoms. The lowest BCUT2D eigenvalue weighted by atomic mass is 9.85. The number of rotatable bonds is 3. The molecule has 15 heavy (non-hydrogen) atoms. The van der Waals surface area contributed by atoms with Gasteiger partial charge >= 0.3 is 0 Å². The van der Waals surface area contributed by atoms with Crippen LogP contribution in [0, 0.1) is 5.92 Å². The van der Waals surface area contributed by atoms with Crippen molar-refractivity contribution in [3.05, 3.63) is 16.6 Å². The first-order valence-corrected chi connectivity index (χ1v) is 6.26. The van der Waals surface area contributed by atoms with Crippen LogP contribution >= 0.6 is 11.3 Å². The van der Waals surface area contributed by atoms with Gasteiger partial charge in [0.05, 0.1) is 17.7 Å². The minimum Gasteiger partial charge on any atom is -0.374 e. The molecule has 3 unspecified atom stereocenters. The maximum Gasteiger partial charge on any atom is 0.143 e. The number of thiazole rings is 1. The molecule has 4 heteroatoms. The Balaban J connectivity index is 1.66. The van der Waals surface area contributed by atoms with E-state index in [9.17, 15) is 4.79 Å². The molecule has 0 aliphatic carbocycles. The monoisotopic (exact) mass is 223 g/mol. The maximum atomic E-state index is 12.0. The number of aromatic nitrogens is 1. The largest absolute Gasteiger partial charge is 0.374 e. The molecule has 0 N–H and O–H groups in total. The molecule has 3 rings (SSSR count). The molecule has 3 nitrogen and oxygen atoms in total. The summed E-state index contributed by atoms with van der Waals surface area (Å²) in [6.45, 7) is 0. The minimum atomic E-state index is 0.158. The molecule has 0 aromatic carbocycles. The van der Waals surface area contributed by atoms with Crippen LogP contribution in [0.15, 0.2) is 11.7 Å². The average Bonchev–Trinajstić information content (AvgIpc) is 2.93. The Kier molecular flexibility index (Phi) is 2.33. The molecule has 3 atom stereocenters. The van der Waals surface area contributed by atoms with E-state index >= 15 is 0 Å². The second kappa shape index (κ2) is 3.68. The van der Waals surface area contributed by atoms with Crippen molar-refractivity contribution in [3.63, 3.8) is 0 Å². The summed E-state index contributed by atoms with van der Waals surface area (Å²) in [4.78, 5) is 17.1. The summed E-state index contributed by atoms with van der Waals surface area (Å²) >= 11 is 1.56. The number of ketones is 1. The Morgan fingerprint density at radius 3 is 3.13 bits per heavy atom. The van der Waals surface area contributed by atoms with Crippen molar-refractivity contribution in [2.45, 2.75) is 37.9 Å². The van der Waals surface area contributed by atoms with Gasteiger partial charge in [0.25, 0.3) is 0 Å². The lowest BCUT2D eigenvalue weighted by molar-refractivity contribution is -0.123. The zero-order chi connectivity index (χ0) is 10.3. The average molecular weight is 223 g/mol. The zero-order valence-corrected chi connectivity index (χ0v) is 9.20. The number of Topliss-reactive ketones (excluding diaryl/α,β-unsaturated/α-hetero) is 1. The number of carbonyl (C=O) groups is 1. The van der Waals surface area contributed by atoms with E-state index in [1.807, 2.05) is 0 Å². The predicted molar refractivity (Wildman–Crippen MR) is 56.8 cm³/mol. The van der Waals surface area contributed by atoms with Gasteiger partial charge in [-0.2, -0.15) is 0 Å². The first-order chi connectivity index (χ1) is 7.33. The Morgan fingerprint density at radius 1 is 1.60 bits per heavy atom. The lowest BCUT2D eigenvalue weighted by Crippen LogP contribution is -2.26. The SMILES string of the molecule is O=C(Cc1cncs1)C1CC2CCC1O2. The van der Waals surface area contributed by atoms with Crippen molar-refractivity contribution in [1.82, 2.24) is 4.98 Å². The number of carbonyl (C=O) groups excluding carboxylic acids is 1. The summed E-state index contributed by atoms with van der Waals surface area (Å²) in [6, 6.07) is 0. The first-order valence-electron chi connectivity index (χ1n) is 5.38. The highest BCUT2D eigenvalue weighted by Crippen LogP contribution is 2.39. The van der Waals surface area contributed by atoms with Crippen LogP contribution in [0.2, 0.25) is 0 Å². The van der Waals surface area contributed by atoms with Gasteiger partial charge in [-0.3, -0.25) is 9.78 Å². The van der Waals surface area contributed by atoms with Crippen LogP contribution in [0.25, 0.3) is 0 Å². The van der Waals surface area contributed by atoms with Gasteiger partial charge < -0.3 is 4.74 Å². The second-order valence-electron chi connectivity index (χ2n) is 4.33. The van der Waals surface area contributed by atoms with Crippen LogP contribution in [0.3, 0.4) is 0 Å². The summed E-state index contributed by atoms with van der Waals surface area (Å²) < 4.78 is 5.69. The lowest BCUT2D eigenvalue weighted by Gasteiger charge is -2.16. The minimum absolute atomic E-state index is 0.158. The predicted octanol–water partition coefficient (Wildman–Crippen LogP) is 1.82. The highest BCUT2D eigenvalue weighted by molar-refractivity contribution is 7.09. The van der Waals surface area contributed by atoms with Gasteiger partial charge in [-0.05, 0) is 19.3 Å². The Labute approximate surface area is 92.5 Å². The fourth-order valence-electron chi connectivity index (χ4n) is 2.61. The molecule has 0 spiro atoms. The Morgan fingerprint density at radius 2 is 2.53 bits per heavy atom. The van der Waals surface area contributed by atoms with Crippen LogP contribution in [-0.2, 0) is 16.0 Å². The van der Waals surface area contributed by atoms with Gasteiger partial charge in [0, 0.05) is 23.4 Å². The Hall–Kier alpha value is -0.740. The molecule has 1 aromatic rings. The zero-order valence-electron chi connectivity index (χ0n) is 8.39. The number of nitrogens with zero attached hydrogens (tertiary/aromatic N) is 1. The van der Waals surface area contributed by atoms with Gasteiger partial charge in [0.1, 0.15) is 5.78 Å². The van der Waals surface area contributed by atoms with E-state index in [-0.39, 0.29) is 12.0 Å². The van der Waals surface area contributed by atoms with Crippen LogP contribution in [0.5, 0.6) is 0 Å². The molecule has 2 saturated heterocycles. The third kappa shape index (κ3) is 1.72. The van der Waals surface area contributed by atoms with E-state index in [4.69, 9.17) is 4.74 Å². The van der Waals surface area contributed by atoms with E-state index in [2.05, 4.69) is 4.98 Å². The first kappa shape index (κ1) is 9.48. The van der Waals surface area contributed by atoms with Gasteiger partial charge in [-0.25, -0.2) is 0 Å². The molecule has 1 aromatic heterocycles. The quantitative estimate of drug-likeness (QED) is 0.784. The number of hydrogen-bond donors (Lipinski definition) is 0. The van der Waals surface area contributed by atoms with Crippen LogP contribution in [0.4, 0.5) is 0 Å². The molecular formula is C11H13NO2S. The van der Waals surface area contributed by atoms with Gasteiger partial charge in [0.15, 0.2) is 0 Å². The molecule has 0 radical (unpaired) electrons. The highest BCUT2D eigenvalue weighted by Gasteiger charge is 2.43. The summed E-state index contributed by atoms with van der Waals surface area (Å²) in [7, 11) is 0. The molecular weight excluding hydrogens is 210 g/mol. The highest BCUT2D eigenvalue weighted by atomic mass is 32.1. The van der Waals surface area contributed by atoms with Crippen LogP contribution in [0.1, 0.15) is 24.1 Å². The molecule has 2 fully saturated rings. The third-order valence-electron chi connectivity index (χ3n) is 3.35. The number of fused-ring (bicyclic) bond motifs is 2. The van der Waals surface area contributed by atoms with Crippen molar-refractivity contribution in [2.24, 2.45) is 5.92 Å². The normalized spacial score (nSPS) is 33.5. The van der Waals surface area contributed by atoms with E-state index < -0.39 is 0 Å². The fourth-order valence-corrected chi connectivity index (χ4v) is 3.21. The summed E-state index contributed by atoms with van der Waals surface area (Å²) in [5, 5.41) is 0. The van der Waals surface area contributed by atoms with Crippen molar-refractivity contribution in [2.75, 3.05) is 0 Å². The van der Waals surface area contributed by atoms with E-state index in [0.717, 1.165) is 24.1 Å². The molecule has 2 aliphatic heterocycles. The van der Waals surface area contributed by atoms with Crippen molar-refractivity contribution < 1.29 is 9.53 Å². The molecule has 3 heterocycles. The Bertz CT molecular complexity index is 363. The summed E-state index contributed by atoms with van der Waals surface area (Å²) in [5.74, 6) is 0.498. The second-order valence-corrected chi connectivity index (χ2v) is 5.30. The summed E-state index contributed by atoms with van der Waals surface area (Å²) in [5.41, 5.74) is 1.78. The van der Waals surface area contributed by atoms with E-state index in [0.29, 0.717) is 18.3 Å². The summed E-state index contributed by atoms with van der Waals surface area (Å²) in [6.07, 6.45) is 6.08. The topological polar surface area (TPSA) is 39.2 Å². The molecule has 80 valence electrons.